The van der Waals surface area contributed by atoms with Crippen molar-refractivity contribution in [2.24, 2.45) is 0 Å². The summed E-state index contributed by atoms with van der Waals surface area (Å²) < 4.78 is 6.84. The molecule has 0 saturated carbocycles. The first-order chi connectivity index (χ1) is 7.85. The van der Waals surface area contributed by atoms with Gasteiger partial charge in [-0.05, 0) is 12.1 Å². The number of rotatable bonds is 4. The predicted octanol–water partition coefficient (Wildman–Crippen LogP) is 0.811. The lowest BCUT2D eigenvalue weighted by Crippen LogP contribution is -2.04. The quantitative estimate of drug-likeness (QED) is 0.826. The zero-order valence-corrected chi connectivity index (χ0v) is 9.00. The molecule has 0 atom stereocenters. The third-order valence-electron chi connectivity index (χ3n) is 2.29. The van der Waals surface area contributed by atoms with Crippen LogP contribution in [0.3, 0.4) is 0 Å². The van der Waals surface area contributed by atoms with E-state index in [9.17, 15) is 0 Å². The number of nitrogens with zero attached hydrogens (tertiary/aromatic N) is 3. The Labute approximate surface area is 93.3 Å². The van der Waals surface area contributed by atoms with Crippen LogP contribution in [0.15, 0.2) is 30.5 Å². The average molecular weight is 219 g/mol. The summed E-state index contributed by atoms with van der Waals surface area (Å²) in [6.45, 7) is 0.0807. The molecule has 0 unspecified atom stereocenters. The lowest BCUT2D eigenvalue weighted by Gasteiger charge is -2.06. The fraction of sp³-hybridized carbons (Fsp3) is 0.273. The topological polar surface area (TPSA) is 60.2 Å². The van der Waals surface area contributed by atoms with Gasteiger partial charge in [0.2, 0.25) is 0 Å². The second-order valence-electron chi connectivity index (χ2n) is 3.31. The van der Waals surface area contributed by atoms with Gasteiger partial charge in [0.25, 0.3) is 0 Å². The molecule has 0 fully saturated rings. The number of benzene rings is 1. The van der Waals surface area contributed by atoms with E-state index < -0.39 is 0 Å². The summed E-state index contributed by atoms with van der Waals surface area (Å²) >= 11 is 0. The summed E-state index contributed by atoms with van der Waals surface area (Å²) in [6.07, 6.45) is 2.18. The van der Waals surface area contributed by atoms with Gasteiger partial charge in [-0.3, -0.25) is 0 Å². The van der Waals surface area contributed by atoms with Crippen LogP contribution in [0.2, 0.25) is 0 Å². The van der Waals surface area contributed by atoms with Crippen LogP contribution in [0.1, 0.15) is 5.69 Å². The molecule has 0 spiro atoms. The van der Waals surface area contributed by atoms with Crippen LogP contribution in [0.4, 0.5) is 0 Å². The largest absolute Gasteiger partial charge is 0.497 e. The minimum absolute atomic E-state index is 0.0807. The lowest BCUT2D eigenvalue weighted by molar-refractivity contribution is 0.297. The third kappa shape index (κ3) is 2.04. The highest BCUT2D eigenvalue weighted by Crippen LogP contribution is 2.16. The molecular formula is C11H13N3O2. The van der Waals surface area contributed by atoms with Crippen LogP contribution in [-0.4, -0.2) is 33.8 Å². The van der Waals surface area contributed by atoms with Gasteiger partial charge in [-0.25, -0.2) is 4.68 Å². The SMILES string of the molecule is COc1cccc(-n2nncc2CCO)c1. The Morgan fingerprint density at radius 2 is 2.31 bits per heavy atom. The van der Waals surface area contributed by atoms with Crippen molar-refractivity contribution in [1.82, 2.24) is 15.0 Å². The fourth-order valence-electron chi connectivity index (χ4n) is 1.50. The highest BCUT2D eigenvalue weighted by atomic mass is 16.5. The van der Waals surface area contributed by atoms with Gasteiger partial charge in [0, 0.05) is 19.1 Å². The Kier molecular flexibility index (Phi) is 3.16. The maximum absolute atomic E-state index is 8.92. The number of aliphatic hydroxyl groups is 1. The smallest absolute Gasteiger partial charge is 0.121 e. The number of methoxy groups -OCH3 is 1. The Balaban J connectivity index is 2.37. The Morgan fingerprint density at radius 1 is 1.44 bits per heavy atom. The van der Waals surface area contributed by atoms with E-state index in [1.807, 2.05) is 24.3 Å². The van der Waals surface area contributed by atoms with Crippen molar-refractivity contribution in [3.8, 4) is 11.4 Å². The molecule has 0 bridgehead atoms. The summed E-state index contributed by atoms with van der Waals surface area (Å²) in [7, 11) is 1.62. The maximum atomic E-state index is 8.92. The van der Waals surface area contributed by atoms with Gasteiger partial charge in [-0.2, -0.15) is 0 Å². The molecule has 0 aliphatic rings. The molecule has 1 aromatic heterocycles. The number of hydrogen-bond acceptors (Lipinski definition) is 4. The monoisotopic (exact) mass is 219 g/mol. The average Bonchev–Trinajstić information content (AvgIpc) is 2.78. The molecule has 0 aliphatic carbocycles. The van der Waals surface area contributed by atoms with Crippen molar-refractivity contribution >= 4 is 0 Å². The summed E-state index contributed by atoms with van der Waals surface area (Å²) in [5.74, 6) is 0.767. The molecular weight excluding hydrogens is 206 g/mol. The van der Waals surface area contributed by atoms with Crippen LogP contribution in [0, 0.1) is 0 Å². The molecule has 5 nitrogen and oxygen atoms in total. The minimum Gasteiger partial charge on any atom is -0.497 e. The first-order valence-corrected chi connectivity index (χ1v) is 5.00. The first-order valence-electron chi connectivity index (χ1n) is 5.00. The molecule has 0 saturated heterocycles. The van der Waals surface area contributed by atoms with E-state index in [0.29, 0.717) is 6.42 Å². The van der Waals surface area contributed by atoms with Gasteiger partial charge in [0.1, 0.15) is 5.75 Å². The second kappa shape index (κ2) is 4.76. The summed E-state index contributed by atoms with van der Waals surface area (Å²) in [5, 5.41) is 16.7. The van der Waals surface area contributed by atoms with Crippen LogP contribution in [0.25, 0.3) is 5.69 Å². The number of aliphatic hydroxyl groups excluding tert-OH is 1. The second-order valence-corrected chi connectivity index (χ2v) is 3.31. The molecule has 0 amide bonds. The van der Waals surface area contributed by atoms with E-state index in [1.54, 1.807) is 18.0 Å². The summed E-state index contributed by atoms with van der Waals surface area (Å²) in [6, 6.07) is 7.54. The van der Waals surface area contributed by atoms with Crippen molar-refractivity contribution < 1.29 is 9.84 Å². The zero-order chi connectivity index (χ0) is 11.4. The third-order valence-corrected chi connectivity index (χ3v) is 2.29. The van der Waals surface area contributed by atoms with E-state index >= 15 is 0 Å². The van der Waals surface area contributed by atoms with Crippen LogP contribution in [-0.2, 0) is 6.42 Å². The number of aromatic nitrogens is 3. The molecule has 2 aromatic rings. The molecule has 16 heavy (non-hydrogen) atoms. The molecule has 84 valence electrons. The van der Waals surface area contributed by atoms with Gasteiger partial charge < -0.3 is 9.84 Å². The van der Waals surface area contributed by atoms with Crippen molar-refractivity contribution in [2.75, 3.05) is 13.7 Å². The molecule has 1 N–H and O–H groups in total. The van der Waals surface area contributed by atoms with E-state index in [0.717, 1.165) is 17.1 Å². The molecule has 1 aromatic carbocycles. The molecule has 0 aliphatic heterocycles. The minimum atomic E-state index is 0.0807. The standard InChI is InChI=1S/C11H13N3O2/c1-16-11-4-2-3-9(7-11)14-10(5-6-15)8-12-13-14/h2-4,7-8,15H,5-6H2,1H3. The molecule has 0 radical (unpaired) electrons. The summed E-state index contributed by atoms with van der Waals surface area (Å²) in [5.41, 5.74) is 1.75. The highest BCUT2D eigenvalue weighted by Gasteiger charge is 2.06. The fourth-order valence-corrected chi connectivity index (χ4v) is 1.50. The normalized spacial score (nSPS) is 10.4. The Bertz CT molecular complexity index is 468. The van der Waals surface area contributed by atoms with Crippen LogP contribution >= 0.6 is 0 Å². The molecule has 1 heterocycles. The Hall–Kier alpha value is -1.88. The van der Waals surface area contributed by atoms with Gasteiger partial charge >= 0.3 is 0 Å². The van der Waals surface area contributed by atoms with Gasteiger partial charge in [-0.15, -0.1) is 5.10 Å². The molecule has 5 heteroatoms. The molecule has 2 rings (SSSR count). The van der Waals surface area contributed by atoms with Gasteiger partial charge in [0.15, 0.2) is 0 Å². The van der Waals surface area contributed by atoms with E-state index in [4.69, 9.17) is 9.84 Å². The van der Waals surface area contributed by atoms with Crippen molar-refractivity contribution in [2.45, 2.75) is 6.42 Å². The first kappa shape index (κ1) is 10.6. The van der Waals surface area contributed by atoms with Crippen LogP contribution < -0.4 is 4.74 Å². The van der Waals surface area contributed by atoms with Crippen LogP contribution in [0.5, 0.6) is 5.75 Å². The number of ether oxygens (including phenoxy) is 1. The highest BCUT2D eigenvalue weighted by molar-refractivity contribution is 5.39. The zero-order valence-electron chi connectivity index (χ0n) is 9.00. The number of hydrogen-bond donors (Lipinski definition) is 1. The predicted molar refractivity (Wildman–Crippen MR) is 58.7 cm³/mol. The van der Waals surface area contributed by atoms with Gasteiger partial charge in [-0.1, -0.05) is 11.3 Å². The van der Waals surface area contributed by atoms with E-state index in [-0.39, 0.29) is 6.61 Å². The lowest BCUT2D eigenvalue weighted by atomic mass is 10.3. The van der Waals surface area contributed by atoms with Gasteiger partial charge in [0.05, 0.1) is 24.7 Å². The Morgan fingerprint density at radius 3 is 3.06 bits per heavy atom. The van der Waals surface area contributed by atoms with E-state index in [2.05, 4.69) is 10.3 Å². The summed E-state index contributed by atoms with van der Waals surface area (Å²) in [4.78, 5) is 0. The van der Waals surface area contributed by atoms with Crippen molar-refractivity contribution in [3.63, 3.8) is 0 Å². The van der Waals surface area contributed by atoms with Crippen molar-refractivity contribution in [1.29, 1.82) is 0 Å². The van der Waals surface area contributed by atoms with E-state index in [1.165, 1.54) is 0 Å². The van der Waals surface area contributed by atoms with Crippen molar-refractivity contribution in [3.05, 3.63) is 36.2 Å². The maximum Gasteiger partial charge on any atom is 0.121 e.